The summed E-state index contributed by atoms with van der Waals surface area (Å²) in [6, 6.07) is 8.71. The minimum absolute atomic E-state index is 0.0828. The van der Waals surface area contributed by atoms with Gasteiger partial charge in [-0.15, -0.1) is 0 Å². The van der Waals surface area contributed by atoms with Gasteiger partial charge in [-0.3, -0.25) is 9.36 Å². The van der Waals surface area contributed by atoms with E-state index in [2.05, 4.69) is 9.88 Å². The van der Waals surface area contributed by atoms with Gasteiger partial charge in [-0.2, -0.15) is 0 Å². The predicted molar refractivity (Wildman–Crippen MR) is 122 cm³/mol. The number of halogens is 3. The summed E-state index contributed by atoms with van der Waals surface area (Å²) in [4.78, 5) is 31.9. The van der Waals surface area contributed by atoms with Crippen LogP contribution >= 0.6 is 0 Å². The summed E-state index contributed by atoms with van der Waals surface area (Å²) >= 11 is 0. The molecular weight excluding hydrogens is 445 g/mol. The number of aryl methyl sites for hydroxylation is 1. The zero-order chi connectivity index (χ0) is 23.9. The molecule has 2 aliphatic rings. The number of nitrogens with one attached hydrogen (secondary N) is 1. The topological polar surface area (TPSA) is 61.3 Å². The number of imidazole rings is 1. The van der Waals surface area contributed by atoms with E-state index in [1.54, 1.807) is 9.47 Å². The molecule has 34 heavy (non-hydrogen) atoms. The maximum absolute atomic E-state index is 14.1. The van der Waals surface area contributed by atoms with Gasteiger partial charge in [-0.1, -0.05) is 12.1 Å². The molecule has 0 bridgehead atoms. The second kappa shape index (κ2) is 8.94. The van der Waals surface area contributed by atoms with E-state index in [4.69, 9.17) is 0 Å². The molecule has 0 aliphatic carbocycles. The molecule has 5 rings (SSSR count). The number of para-hydroxylation sites is 2. The number of hydrogen-bond donors (Lipinski definition) is 1. The predicted octanol–water partition coefficient (Wildman–Crippen LogP) is 3.77. The number of carbonyl (C=O) groups excluding carboxylic acids is 1. The van der Waals surface area contributed by atoms with E-state index >= 15 is 0 Å². The lowest BCUT2D eigenvalue weighted by Crippen LogP contribution is -2.45. The smallest absolute Gasteiger partial charge is 0.326 e. The van der Waals surface area contributed by atoms with E-state index in [0.717, 1.165) is 56.4 Å². The summed E-state index contributed by atoms with van der Waals surface area (Å²) in [7, 11) is 0. The SMILES string of the molecule is O=C(c1cc(F)c(F)cc1F)N1CCC2(CCCN(CCCn3c(=O)[nH]c4ccccc43)C2)C1. The number of fused-ring (bicyclic) bond motifs is 1. The molecule has 2 saturated heterocycles. The normalized spacial score (nSPS) is 21.1. The average Bonchev–Trinajstić information content (AvgIpc) is 3.36. The van der Waals surface area contributed by atoms with Crippen LogP contribution in [0.3, 0.4) is 0 Å². The Balaban J connectivity index is 1.20. The lowest BCUT2D eigenvalue weighted by molar-refractivity contribution is 0.0682. The summed E-state index contributed by atoms with van der Waals surface area (Å²) in [5.41, 5.74) is 1.12. The van der Waals surface area contributed by atoms with Crippen LogP contribution in [0.2, 0.25) is 0 Å². The van der Waals surface area contributed by atoms with Crippen LogP contribution in [-0.4, -0.2) is 58.0 Å². The Morgan fingerprint density at radius 2 is 1.76 bits per heavy atom. The van der Waals surface area contributed by atoms with Gasteiger partial charge in [0, 0.05) is 37.7 Å². The van der Waals surface area contributed by atoms with Crippen molar-refractivity contribution in [3.8, 4) is 0 Å². The monoisotopic (exact) mass is 472 g/mol. The summed E-state index contributed by atoms with van der Waals surface area (Å²) in [6.45, 7) is 4.17. The van der Waals surface area contributed by atoms with Crippen molar-refractivity contribution in [1.82, 2.24) is 19.4 Å². The molecule has 3 heterocycles. The zero-order valence-corrected chi connectivity index (χ0v) is 18.8. The summed E-state index contributed by atoms with van der Waals surface area (Å²) in [6.07, 6.45) is 3.58. The third kappa shape index (κ3) is 4.24. The van der Waals surface area contributed by atoms with Crippen molar-refractivity contribution >= 4 is 16.9 Å². The van der Waals surface area contributed by atoms with Gasteiger partial charge in [0.1, 0.15) is 5.82 Å². The van der Waals surface area contributed by atoms with Crippen LogP contribution in [0, 0.1) is 22.9 Å². The largest absolute Gasteiger partial charge is 0.338 e. The number of nitrogens with zero attached hydrogens (tertiary/aromatic N) is 3. The molecule has 2 aromatic carbocycles. The first kappa shape index (κ1) is 22.7. The number of benzene rings is 2. The van der Waals surface area contributed by atoms with Crippen LogP contribution in [-0.2, 0) is 6.54 Å². The fraction of sp³-hybridized carbons (Fsp3) is 0.440. The fourth-order valence-corrected chi connectivity index (χ4v) is 5.58. The third-order valence-corrected chi connectivity index (χ3v) is 7.24. The van der Waals surface area contributed by atoms with Gasteiger partial charge >= 0.3 is 5.69 Å². The van der Waals surface area contributed by atoms with E-state index in [-0.39, 0.29) is 11.1 Å². The highest BCUT2D eigenvalue weighted by atomic mass is 19.2. The first-order valence-corrected chi connectivity index (χ1v) is 11.7. The molecule has 1 N–H and O–H groups in total. The molecule has 1 spiro atoms. The maximum Gasteiger partial charge on any atom is 0.326 e. The third-order valence-electron chi connectivity index (χ3n) is 7.24. The molecule has 1 amide bonds. The van der Waals surface area contributed by atoms with E-state index in [0.29, 0.717) is 31.8 Å². The van der Waals surface area contributed by atoms with Crippen molar-refractivity contribution in [2.75, 3.05) is 32.7 Å². The summed E-state index contributed by atoms with van der Waals surface area (Å²) < 4.78 is 42.7. The highest BCUT2D eigenvalue weighted by Gasteiger charge is 2.43. The van der Waals surface area contributed by atoms with Gasteiger partial charge in [0.2, 0.25) is 0 Å². The first-order valence-electron chi connectivity index (χ1n) is 11.7. The van der Waals surface area contributed by atoms with Crippen LogP contribution in [0.25, 0.3) is 11.0 Å². The van der Waals surface area contributed by atoms with Gasteiger partial charge in [0.25, 0.3) is 5.91 Å². The number of likely N-dealkylation sites (tertiary alicyclic amines) is 2. The van der Waals surface area contributed by atoms with Gasteiger partial charge in [0.15, 0.2) is 11.6 Å². The minimum Gasteiger partial charge on any atom is -0.338 e. The quantitative estimate of drug-likeness (QED) is 0.576. The summed E-state index contributed by atoms with van der Waals surface area (Å²) in [5.74, 6) is -4.16. The van der Waals surface area contributed by atoms with Crippen LogP contribution in [0.4, 0.5) is 13.2 Å². The molecule has 9 heteroatoms. The molecule has 1 atom stereocenters. The Morgan fingerprint density at radius 1 is 0.971 bits per heavy atom. The molecule has 0 radical (unpaired) electrons. The van der Waals surface area contributed by atoms with E-state index in [1.165, 1.54) is 0 Å². The van der Waals surface area contributed by atoms with Crippen LogP contribution in [0.15, 0.2) is 41.2 Å². The average molecular weight is 473 g/mol. The Hall–Kier alpha value is -3.07. The first-order chi connectivity index (χ1) is 16.3. The second-order valence-electron chi connectivity index (χ2n) is 9.56. The zero-order valence-electron chi connectivity index (χ0n) is 18.8. The van der Waals surface area contributed by atoms with Crippen molar-refractivity contribution in [1.29, 1.82) is 0 Å². The number of rotatable bonds is 5. The lowest BCUT2D eigenvalue weighted by atomic mass is 9.79. The molecule has 0 saturated carbocycles. The van der Waals surface area contributed by atoms with Crippen molar-refractivity contribution in [2.45, 2.75) is 32.2 Å². The molecule has 180 valence electrons. The molecule has 3 aromatic rings. The number of aromatic nitrogens is 2. The molecule has 2 aliphatic heterocycles. The minimum atomic E-state index is -1.30. The lowest BCUT2D eigenvalue weighted by Gasteiger charge is -2.40. The molecule has 1 aromatic heterocycles. The number of H-pyrrole nitrogens is 1. The van der Waals surface area contributed by atoms with Crippen molar-refractivity contribution in [3.05, 3.63) is 69.9 Å². The Morgan fingerprint density at radius 3 is 2.62 bits per heavy atom. The number of aromatic amines is 1. The van der Waals surface area contributed by atoms with E-state index in [9.17, 15) is 22.8 Å². The van der Waals surface area contributed by atoms with Gasteiger partial charge < -0.3 is 14.8 Å². The van der Waals surface area contributed by atoms with Crippen molar-refractivity contribution in [2.24, 2.45) is 5.41 Å². The number of carbonyl (C=O) groups is 1. The van der Waals surface area contributed by atoms with Crippen LogP contribution < -0.4 is 5.69 Å². The van der Waals surface area contributed by atoms with Crippen LogP contribution in [0.5, 0.6) is 0 Å². The van der Waals surface area contributed by atoms with Gasteiger partial charge in [0.05, 0.1) is 16.6 Å². The van der Waals surface area contributed by atoms with Gasteiger partial charge in [-0.25, -0.2) is 18.0 Å². The molecular formula is C25H27F3N4O2. The van der Waals surface area contributed by atoms with Crippen molar-refractivity contribution in [3.63, 3.8) is 0 Å². The summed E-state index contributed by atoms with van der Waals surface area (Å²) in [5, 5.41) is 0. The fourth-order valence-electron chi connectivity index (χ4n) is 5.58. The number of amides is 1. The number of hydrogen-bond acceptors (Lipinski definition) is 3. The van der Waals surface area contributed by atoms with E-state index in [1.807, 2.05) is 24.3 Å². The maximum atomic E-state index is 14.1. The molecule has 1 unspecified atom stereocenters. The Bertz CT molecular complexity index is 1290. The van der Waals surface area contributed by atoms with Crippen molar-refractivity contribution < 1.29 is 18.0 Å². The molecule has 2 fully saturated rings. The van der Waals surface area contributed by atoms with Crippen LogP contribution in [0.1, 0.15) is 36.0 Å². The Kier molecular flexibility index (Phi) is 5.97. The highest BCUT2D eigenvalue weighted by molar-refractivity contribution is 5.94. The second-order valence-corrected chi connectivity index (χ2v) is 9.56. The molecule has 6 nitrogen and oxygen atoms in total. The Labute approximate surface area is 195 Å². The van der Waals surface area contributed by atoms with E-state index < -0.39 is 28.9 Å². The standard InChI is InChI=1S/C25H27F3N4O2/c26-18-14-20(28)19(27)13-17(18)23(33)31-12-8-25(16-31)7-3-9-30(15-25)10-4-11-32-22-6-2-1-5-21(22)29-24(32)34/h1-2,5-6,13-14H,3-4,7-12,15-16H2,(H,29,34). The number of piperidine rings is 1. The highest BCUT2D eigenvalue weighted by Crippen LogP contribution is 2.39. The van der Waals surface area contributed by atoms with Gasteiger partial charge in [-0.05, 0) is 57.0 Å².